The second kappa shape index (κ2) is 9.38. The first-order chi connectivity index (χ1) is 15.3. The highest BCUT2D eigenvalue weighted by Gasteiger charge is 2.37. The molecule has 1 atom stereocenters. The molecule has 2 amide bonds. The fourth-order valence-corrected chi connectivity index (χ4v) is 5.07. The van der Waals surface area contributed by atoms with Gasteiger partial charge in [-0.25, -0.2) is 4.99 Å². The molecule has 0 spiro atoms. The van der Waals surface area contributed by atoms with Crippen LogP contribution in [-0.4, -0.2) is 53.2 Å². The first-order valence-electron chi connectivity index (χ1n) is 10.4. The Balaban J connectivity index is 1.69. The van der Waals surface area contributed by atoms with Gasteiger partial charge in [0, 0.05) is 42.7 Å². The van der Waals surface area contributed by atoms with Gasteiger partial charge in [0.2, 0.25) is 0 Å². The van der Waals surface area contributed by atoms with E-state index in [1.807, 2.05) is 31.2 Å². The molecule has 2 aromatic carbocycles. The van der Waals surface area contributed by atoms with E-state index in [4.69, 9.17) is 16.6 Å². The van der Waals surface area contributed by atoms with E-state index in [1.54, 1.807) is 55.0 Å². The number of amidine groups is 1. The number of fused-ring (bicyclic) bond motifs is 1. The fraction of sp³-hybridized carbons (Fsp3) is 0.292. The molecule has 2 aromatic rings. The van der Waals surface area contributed by atoms with Gasteiger partial charge < -0.3 is 15.1 Å². The number of aliphatic imine (C=N–C) groups is 1. The summed E-state index contributed by atoms with van der Waals surface area (Å²) in [5.74, 6) is 0.750. The Morgan fingerprint density at radius 1 is 1.19 bits per heavy atom. The zero-order valence-electron chi connectivity index (χ0n) is 18.3. The first kappa shape index (κ1) is 22.4. The van der Waals surface area contributed by atoms with Crippen LogP contribution in [-0.2, 0) is 4.79 Å². The van der Waals surface area contributed by atoms with Crippen LogP contribution in [0.25, 0.3) is 0 Å². The van der Waals surface area contributed by atoms with E-state index >= 15 is 0 Å². The van der Waals surface area contributed by atoms with Crippen molar-refractivity contribution in [2.24, 2.45) is 4.99 Å². The maximum atomic E-state index is 13.1. The molecule has 1 unspecified atom stereocenters. The van der Waals surface area contributed by atoms with Gasteiger partial charge in [-0.15, -0.1) is 0 Å². The molecule has 0 aliphatic carbocycles. The summed E-state index contributed by atoms with van der Waals surface area (Å²) >= 11 is 7.65. The lowest BCUT2D eigenvalue weighted by Gasteiger charge is -2.41. The number of amides is 2. The monoisotopic (exact) mass is 468 g/mol. The number of allylic oxidation sites excluding steroid dienone is 1. The third-order valence-electron chi connectivity index (χ3n) is 5.46. The Hall–Kier alpha value is -2.77. The van der Waals surface area contributed by atoms with Crippen molar-refractivity contribution in [1.29, 1.82) is 0 Å². The third kappa shape index (κ3) is 4.54. The summed E-state index contributed by atoms with van der Waals surface area (Å²) in [5, 5.41) is 4.49. The van der Waals surface area contributed by atoms with Gasteiger partial charge >= 0.3 is 0 Å². The predicted octanol–water partition coefficient (Wildman–Crippen LogP) is 4.80. The highest BCUT2D eigenvalue weighted by atomic mass is 35.5. The molecule has 32 heavy (non-hydrogen) atoms. The van der Waals surface area contributed by atoms with Crippen LogP contribution in [0, 0.1) is 0 Å². The van der Waals surface area contributed by atoms with Crippen LogP contribution in [0.1, 0.15) is 35.3 Å². The topological polar surface area (TPSA) is 65.0 Å². The number of hydrogen-bond donors (Lipinski definition) is 1. The molecule has 0 radical (unpaired) electrons. The number of halogens is 1. The zero-order chi connectivity index (χ0) is 22.8. The number of benzene rings is 2. The van der Waals surface area contributed by atoms with Gasteiger partial charge in [-0.1, -0.05) is 35.5 Å². The molecule has 1 N–H and O–H groups in total. The van der Waals surface area contributed by atoms with E-state index in [0.29, 0.717) is 21.8 Å². The fourth-order valence-electron chi connectivity index (χ4n) is 3.92. The summed E-state index contributed by atoms with van der Waals surface area (Å²) in [7, 11) is 3.51. The summed E-state index contributed by atoms with van der Waals surface area (Å²) in [4.78, 5) is 34.4. The summed E-state index contributed by atoms with van der Waals surface area (Å²) in [6.45, 7) is 2.73. The van der Waals surface area contributed by atoms with Gasteiger partial charge in [0.15, 0.2) is 5.17 Å². The number of thioether (sulfide) groups is 1. The molecule has 2 heterocycles. The van der Waals surface area contributed by atoms with Gasteiger partial charge in [0.1, 0.15) is 0 Å². The van der Waals surface area contributed by atoms with Crippen LogP contribution in [0.4, 0.5) is 5.69 Å². The maximum Gasteiger partial charge on any atom is 0.255 e. The highest BCUT2D eigenvalue weighted by Crippen LogP contribution is 2.40. The number of nitrogens with one attached hydrogen (secondary N) is 1. The maximum absolute atomic E-state index is 13.1. The Morgan fingerprint density at radius 2 is 1.94 bits per heavy atom. The summed E-state index contributed by atoms with van der Waals surface area (Å²) < 4.78 is 0. The summed E-state index contributed by atoms with van der Waals surface area (Å²) in [6.07, 6.45) is 1.02. The number of likely N-dealkylation sites (N-methyl/N-ethyl adjacent to an activating group) is 1. The smallest absolute Gasteiger partial charge is 0.255 e. The molecule has 0 aromatic heterocycles. The van der Waals surface area contributed by atoms with Crippen LogP contribution in [0.3, 0.4) is 0 Å². The average Bonchev–Trinajstić information content (AvgIpc) is 2.78. The lowest BCUT2D eigenvalue weighted by atomic mass is 9.93. The molecule has 1 saturated heterocycles. The number of anilines is 1. The second-order valence-electron chi connectivity index (χ2n) is 7.98. The SMILES string of the molecule is CC1=C(C(=O)N(C)C)C(c2cccc(NC(=O)c3ccc(Cl)cc3)c2)N2CCCSC2=N1. The van der Waals surface area contributed by atoms with Gasteiger partial charge in [-0.3, -0.25) is 9.59 Å². The minimum atomic E-state index is -0.252. The lowest BCUT2D eigenvalue weighted by molar-refractivity contribution is -0.125. The minimum Gasteiger partial charge on any atom is -0.345 e. The van der Waals surface area contributed by atoms with E-state index < -0.39 is 0 Å². The molecule has 8 heteroatoms. The van der Waals surface area contributed by atoms with Crippen molar-refractivity contribution >= 4 is 46.0 Å². The Morgan fingerprint density at radius 3 is 2.66 bits per heavy atom. The Bertz CT molecular complexity index is 1110. The van der Waals surface area contributed by atoms with E-state index in [-0.39, 0.29) is 17.9 Å². The zero-order valence-corrected chi connectivity index (χ0v) is 19.8. The summed E-state index contributed by atoms with van der Waals surface area (Å²) in [5.41, 5.74) is 3.55. The summed E-state index contributed by atoms with van der Waals surface area (Å²) in [6, 6.07) is 14.2. The van der Waals surface area contributed by atoms with Crippen LogP contribution in [0.5, 0.6) is 0 Å². The van der Waals surface area contributed by atoms with Crippen LogP contribution in [0.2, 0.25) is 5.02 Å². The number of carbonyl (C=O) groups excluding carboxylic acids is 2. The van der Waals surface area contributed by atoms with Crippen molar-refractivity contribution in [3.05, 3.63) is 76.0 Å². The van der Waals surface area contributed by atoms with E-state index in [2.05, 4.69) is 10.2 Å². The molecular weight excluding hydrogens is 444 g/mol. The predicted molar refractivity (Wildman–Crippen MR) is 131 cm³/mol. The molecule has 2 aliphatic rings. The first-order valence-corrected chi connectivity index (χ1v) is 11.8. The molecule has 2 aliphatic heterocycles. The van der Waals surface area contributed by atoms with Gasteiger partial charge in [0.05, 0.1) is 17.3 Å². The van der Waals surface area contributed by atoms with Crippen molar-refractivity contribution in [3.63, 3.8) is 0 Å². The van der Waals surface area contributed by atoms with Crippen molar-refractivity contribution in [3.8, 4) is 0 Å². The van der Waals surface area contributed by atoms with Crippen molar-refractivity contribution in [1.82, 2.24) is 9.80 Å². The Labute approximate surface area is 197 Å². The van der Waals surface area contributed by atoms with Crippen LogP contribution >= 0.6 is 23.4 Å². The van der Waals surface area contributed by atoms with Gasteiger partial charge in [-0.2, -0.15) is 0 Å². The van der Waals surface area contributed by atoms with Crippen LogP contribution < -0.4 is 5.32 Å². The third-order valence-corrected chi connectivity index (χ3v) is 6.79. The molecule has 1 fully saturated rings. The highest BCUT2D eigenvalue weighted by molar-refractivity contribution is 8.13. The van der Waals surface area contributed by atoms with Crippen molar-refractivity contribution in [2.45, 2.75) is 19.4 Å². The quantitative estimate of drug-likeness (QED) is 0.699. The van der Waals surface area contributed by atoms with Gasteiger partial charge in [-0.05, 0) is 55.3 Å². The molecule has 4 rings (SSSR count). The molecular formula is C24H25ClN4O2S. The second-order valence-corrected chi connectivity index (χ2v) is 9.48. The number of nitrogens with zero attached hydrogens (tertiary/aromatic N) is 3. The van der Waals surface area contributed by atoms with E-state index in [1.165, 1.54) is 0 Å². The van der Waals surface area contributed by atoms with E-state index in [0.717, 1.165) is 35.1 Å². The molecule has 0 saturated carbocycles. The molecule has 6 nitrogen and oxygen atoms in total. The Kier molecular flexibility index (Phi) is 6.58. The van der Waals surface area contributed by atoms with Crippen molar-refractivity contribution < 1.29 is 9.59 Å². The van der Waals surface area contributed by atoms with Gasteiger partial charge in [0.25, 0.3) is 11.8 Å². The van der Waals surface area contributed by atoms with Crippen molar-refractivity contribution in [2.75, 3.05) is 31.7 Å². The van der Waals surface area contributed by atoms with E-state index in [9.17, 15) is 9.59 Å². The number of rotatable bonds is 4. The number of carbonyl (C=O) groups is 2. The number of hydrogen-bond acceptors (Lipinski definition) is 5. The molecule has 0 bridgehead atoms. The largest absolute Gasteiger partial charge is 0.345 e. The standard InChI is InChI=1S/C24H25ClN4O2S/c1-15-20(23(31)28(2)3)21(29-12-5-13-32-24(29)26-15)17-6-4-7-19(14-17)27-22(30)16-8-10-18(25)11-9-16/h4,6-11,14,21H,5,12-13H2,1-3H3,(H,27,30). The lowest BCUT2D eigenvalue weighted by Crippen LogP contribution is -2.43. The average molecular weight is 469 g/mol. The minimum absolute atomic E-state index is 0.0542. The molecule has 166 valence electrons. The van der Waals surface area contributed by atoms with Crippen LogP contribution in [0.15, 0.2) is 64.8 Å². The normalized spacial score (nSPS) is 18.1.